The van der Waals surface area contributed by atoms with Gasteiger partial charge in [0.25, 0.3) is 0 Å². The van der Waals surface area contributed by atoms with Crippen LogP contribution < -0.4 is 5.73 Å². The number of anilines is 1. The lowest BCUT2D eigenvalue weighted by molar-refractivity contribution is 0.0521. The smallest absolute Gasteiger partial charge is 0.359 e. The molecule has 0 radical (unpaired) electrons. The third-order valence-electron chi connectivity index (χ3n) is 3.52. The number of carbonyl (C=O) groups is 1. The monoisotopic (exact) mass is 326 g/mol. The third-order valence-corrected chi connectivity index (χ3v) is 3.75. The molecule has 0 spiro atoms. The van der Waals surface area contributed by atoms with Crippen molar-refractivity contribution in [1.82, 2.24) is 4.98 Å². The Morgan fingerprint density at radius 3 is 2.65 bits per heavy atom. The van der Waals surface area contributed by atoms with Gasteiger partial charge in [-0.1, -0.05) is 41.9 Å². The van der Waals surface area contributed by atoms with Gasteiger partial charge in [-0.25, -0.2) is 9.78 Å². The number of hydrogen-bond acceptors (Lipinski definition) is 4. The van der Waals surface area contributed by atoms with Crippen molar-refractivity contribution in [1.29, 1.82) is 0 Å². The van der Waals surface area contributed by atoms with E-state index in [2.05, 4.69) is 4.98 Å². The fourth-order valence-corrected chi connectivity index (χ4v) is 2.69. The van der Waals surface area contributed by atoms with Crippen molar-refractivity contribution in [3.63, 3.8) is 0 Å². The Morgan fingerprint density at radius 1 is 1.22 bits per heavy atom. The fourth-order valence-electron chi connectivity index (χ4n) is 2.52. The number of aromatic nitrogens is 1. The van der Waals surface area contributed by atoms with Crippen molar-refractivity contribution in [3.8, 4) is 11.1 Å². The van der Waals surface area contributed by atoms with E-state index in [1.54, 1.807) is 25.1 Å². The molecule has 1 heterocycles. The molecule has 0 atom stereocenters. The molecule has 0 amide bonds. The summed E-state index contributed by atoms with van der Waals surface area (Å²) in [5, 5.41) is 1.38. The molecule has 0 fully saturated rings. The van der Waals surface area contributed by atoms with Crippen LogP contribution in [0.25, 0.3) is 22.0 Å². The number of esters is 1. The molecular formula is C18H15ClN2O2. The molecule has 0 saturated carbocycles. The Hall–Kier alpha value is -2.59. The van der Waals surface area contributed by atoms with E-state index in [1.165, 1.54) is 0 Å². The minimum atomic E-state index is -0.529. The molecule has 23 heavy (non-hydrogen) atoms. The van der Waals surface area contributed by atoms with Crippen LogP contribution in [0.15, 0.2) is 48.5 Å². The molecule has 2 aromatic carbocycles. The van der Waals surface area contributed by atoms with Crippen LogP contribution in [0.5, 0.6) is 0 Å². The summed E-state index contributed by atoms with van der Waals surface area (Å²) in [5.74, 6) is -0.529. The average Bonchev–Trinajstić information content (AvgIpc) is 2.55. The van der Waals surface area contributed by atoms with Gasteiger partial charge < -0.3 is 10.5 Å². The van der Waals surface area contributed by atoms with Gasteiger partial charge >= 0.3 is 5.97 Å². The molecule has 3 aromatic rings. The first kappa shape index (κ1) is 15.3. The number of rotatable bonds is 3. The quantitative estimate of drug-likeness (QED) is 0.728. The van der Waals surface area contributed by atoms with Crippen LogP contribution in [0.2, 0.25) is 5.02 Å². The summed E-state index contributed by atoms with van der Waals surface area (Å²) in [7, 11) is 0. The number of hydrogen-bond donors (Lipinski definition) is 1. The van der Waals surface area contributed by atoms with Gasteiger partial charge in [0.1, 0.15) is 0 Å². The maximum atomic E-state index is 12.2. The molecular weight excluding hydrogens is 312 g/mol. The minimum absolute atomic E-state index is 0.125. The van der Waals surface area contributed by atoms with Crippen molar-refractivity contribution in [3.05, 3.63) is 59.2 Å². The van der Waals surface area contributed by atoms with Crippen molar-refractivity contribution >= 4 is 34.2 Å². The number of nitrogen functional groups attached to an aromatic ring is 1. The Bertz CT molecular complexity index is 879. The molecule has 0 aliphatic carbocycles. The molecule has 0 aliphatic rings. The van der Waals surface area contributed by atoms with Gasteiger partial charge in [0.15, 0.2) is 5.69 Å². The highest BCUT2D eigenvalue weighted by atomic mass is 35.5. The van der Waals surface area contributed by atoms with Crippen LogP contribution in [0.3, 0.4) is 0 Å². The van der Waals surface area contributed by atoms with Gasteiger partial charge in [-0.15, -0.1) is 0 Å². The first-order chi connectivity index (χ1) is 11.1. The predicted molar refractivity (Wildman–Crippen MR) is 92.6 cm³/mol. The zero-order valence-corrected chi connectivity index (χ0v) is 13.3. The Balaban J connectivity index is 2.36. The number of carbonyl (C=O) groups excluding carboxylic acids is 1. The molecule has 116 valence electrons. The summed E-state index contributed by atoms with van der Waals surface area (Å²) in [5.41, 5.74) is 8.95. The Kier molecular flexibility index (Phi) is 4.17. The third kappa shape index (κ3) is 2.85. The lowest BCUT2D eigenvalue weighted by Gasteiger charge is -2.14. The normalized spacial score (nSPS) is 10.7. The SMILES string of the molecule is CCOC(=O)c1nc2ccc(Cl)cc2c(-c2ccccc2)c1N. The van der Waals surface area contributed by atoms with Crippen molar-refractivity contribution < 1.29 is 9.53 Å². The molecule has 4 nitrogen and oxygen atoms in total. The molecule has 0 unspecified atom stereocenters. The predicted octanol–water partition coefficient (Wildman–Crippen LogP) is 4.31. The van der Waals surface area contributed by atoms with Crippen molar-refractivity contribution in [2.75, 3.05) is 12.3 Å². The number of benzene rings is 2. The van der Waals surface area contributed by atoms with Gasteiger partial charge in [0, 0.05) is 16.0 Å². The number of nitrogens with two attached hydrogens (primary N) is 1. The van der Waals surface area contributed by atoms with Gasteiger partial charge in [-0.2, -0.15) is 0 Å². The van der Waals surface area contributed by atoms with Crippen LogP contribution in [0.1, 0.15) is 17.4 Å². The summed E-state index contributed by atoms with van der Waals surface area (Å²) >= 11 is 6.12. The van der Waals surface area contributed by atoms with Crippen LogP contribution in [-0.2, 0) is 4.74 Å². The lowest BCUT2D eigenvalue weighted by atomic mass is 9.98. The Morgan fingerprint density at radius 2 is 1.96 bits per heavy atom. The second-order valence-electron chi connectivity index (χ2n) is 5.00. The van der Waals surface area contributed by atoms with Gasteiger partial charge in [0.05, 0.1) is 17.8 Å². The van der Waals surface area contributed by atoms with Gasteiger partial charge in [0.2, 0.25) is 0 Å². The van der Waals surface area contributed by atoms with E-state index >= 15 is 0 Å². The molecule has 5 heteroatoms. The maximum absolute atomic E-state index is 12.2. The number of pyridine rings is 1. The van der Waals surface area contributed by atoms with E-state index in [0.29, 0.717) is 16.2 Å². The molecule has 0 aliphatic heterocycles. The number of nitrogens with zero attached hydrogens (tertiary/aromatic N) is 1. The second kappa shape index (κ2) is 6.26. The Labute approximate surface area is 138 Å². The van der Waals surface area contributed by atoms with Crippen LogP contribution in [-0.4, -0.2) is 17.6 Å². The topological polar surface area (TPSA) is 65.2 Å². The average molecular weight is 327 g/mol. The molecule has 0 bridgehead atoms. The largest absolute Gasteiger partial charge is 0.461 e. The highest BCUT2D eigenvalue weighted by Gasteiger charge is 2.20. The standard InChI is InChI=1S/C18H15ClN2O2/c1-2-23-18(22)17-16(20)15(11-6-4-3-5-7-11)13-10-12(19)8-9-14(13)21-17/h3-10H,2,20H2,1H3. The van der Waals surface area contributed by atoms with Crippen molar-refractivity contribution in [2.24, 2.45) is 0 Å². The van der Waals surface area contributed by atoms with Crippen molar-refractivity contribution in [2.45, 2.75) is 6.92 Å². The van der Waals surface area contributed by atoms with Gasteiger partial charge in [-0.3, -0.25) is 0 Å². The van der Waals surface area contributed by atoms with Crippen LogP contribution in [0, 0.1) is 0 Å². The minimum Gasteiger partial charge on any atom is -0.461 e. The zero-order chi connectivity index (χ0) is 16.4. The van der Waals surface area contributed by atoms with E-state index in [9.17, 15) is 4.79 Å². The molecule has 2 N–H and O–H groups in total. The lowest BCUT2D eigenvalue weighted by Crippen LogP contribution is -2.12. The summed E-state index contributed by atoms with van der Waals surface area (Å²) in [6.07, 6.45) is 0. The van der Waals surface area contributed by atoms with E-state index < -0.39 is 5.97 Å². The molecule has 1 aromatic heterocycles. The maximum Gasteiger partial charge on any atom is 0.359 e. The van der Waals surface area contributed by atoms with Crippen LogP contribution >= 0.6 is 11.6 Å². The van der Waals surface area contributed by atoms with Crippen LogP contribution in [0.4, 0.5) is 5.69 Å². The van der Waals surface area contributed by atoms with E-state index in [-0.39, 0.29) is 12.3 Å². The zero-order valence-electron chi connectivity index (χ0n) is 12.5. The van der Waals surface area contributed by atoms with E-state index in [1.807, 2.05) is 30.3 Å². The summed E-state index contributed by atoms with van der Waals surface area (Å²) in [6.45, 7) is 2.01. The summed E-state index contributed by atoms with van der Waals surface area (Å²) in [4.78, 5) is 16.5. The summed E-state index contributed by atoms with van der Waals surface area (Å²) < 4.78 is 5.06. The number of fused-ring (bicyclic) bond motifs is 1. The molecule has 3 rings (SSSR count). The first-order valence-electron chi connectivity index (χ1n) is 7.23. The van der Waals surface area contributed by atoms with Gasteiger partial charge in [-0.05, 0) is 30.7 Å². The van der Waals surface area contributed by atoms with E-state index in [0.717, 1.165) is 16.5 Å². The number of ether oxygens (including phenoxy) is 1. The number of halogens is 1. The first-order valence-corrected chi connectivity index (χ1v) is 7.61. The highest BCUT2D eigenvalue weighted by molar-refractivity contribution is 6.31. The molecule has 0 saturated heterocycles. The van der Waals surface area contributed by atoms with E-state index in [4.69, 9.17) is 22.1 Å². The fraction of sp³-hybridized carbons (Fsp3) is 0.111. The second-order valence-corrected chi connectivity index (χ2v) is 5.43. The summed E-state index contributed by atoms with van der Waals surface area (Å²) in [6, 6.07) is 14.9. The highest BCUT2D eigenvalue weighted by Crippen LogP contribution is 2.36.